The fourth-order valence-corrected chi connectivity index (χ4v) is 0. The van der Waals surface area contributed by atoms with E-state index in [4.69, 9.17) is 4.16 Å². The van der Waals surface area contributed by atoms with Crippen molar-refractivity contribution < 1.29 is 53.8 Å². The van der Waals surface area contributed by atoms with Gasteiger partial charge in [0.05, 0.1) is 0 Å². The topological polar surface area (TPSA) is 20.2 Å². The van der Waals surface area contributed by atoms with Gasteiger partial charge in [-0.2, -0.15) is 0 Å². The second-order valence-corrected chi connectivity index (χ2v) is 0. The summed E-state index contributed by atoms with van der Waals surface area (Å²) in [4.78, 5) is 0. The SMILES string of the molecule is [Cl-].[Cl-].[Cl-].[Cl-].[Mg+2].[OH][Al+2]. The van der Waals surface area contributed by atoms with Crippen molar-refractivity contribution in [3.05, 3.63) is 0 Å². The van der Waals surface area contributed by atoms with Crippen molar-refractivity contribution in [1.29, 1.82) is 0 Å². The minimum absolute atomic E-state index is 0. The van der Waals surface area contributed by atoms with Crippen LogP contribution in [-0.4, -0.2) is 43.8 Å². The van der Waals surface area contributed by atoms with Gasteiger partial charge in [-0.3, -0.25) is 0 Å². The Labute approximate surface area is 92.5 Å². The quantitative estimate of drug-likeness (QED) is 0.394. The van der Waals surface area contributed by atoms with E-state index in [1.165, 1.54) is 16.6 Å². The molecule has 0 spiro atoms. The zero-order valence-electron chi connectivity index (χ0n) is 3.24. The second-order valence-electron chi connectivity index (χ2n) is 0. The first-order valence-corrected chi connectivity index (χ1v) is 0.775. The van der Waals surface area contributed by atoms with Gasteiger partial charge in [-0.15, -0.1) is 0 Å². The number of halogens is 4. The normalized spacial score (nSPS) is 1.00. The Morgan fingerprint density at radius 2 is 0.714 bits per heavy atom. The molecule has 0 aliphatic heterocycles. The van der Waals surface area contributed by atoms with Gasteiger partial charge >= 0.3 is 43.8 Å². The van der Waals surface area contributed by atoms with Gasteiger partial charge in [0.1, 0.15) is 0 Å². The monoisotopic (exact) mass is 208 g/mol. The van der Waals surface area contributed by atoms with Crippen molar-refractivity contribution >= 4 is 39.7 Å². The van der Waals surface area contributed by atoms with Crippen LogP contribution in [0.15, 0.2) is 0 Å². The molecule has 0 saturated carbocycles. The molecule has 0 saturated heterocycles. The maximum atomic E-state index is 6.92. The summed E-state index contributed by atoms with van der Waals surface area (Å²) in [6, 6.07) is 0. The van der Waals surface area contributed by atoms with Crippen molar-refractivity contribution in [3.63, 3.8) is 0 Å². The van der Waals surface area contributed by atoms with E-state index in [2.05, 4.69) is 0 Å². The molecule has 1 nitrogen and oxygen atoms in total. The molecular formula is HAlCl4MgO. The zero-order valence-corrected chi connectivity index (χ0v) is 8.84. The molecule has 0 aliphatic carbocycles. The summed E-state index contributed by atoms with van der Waals surface area (Å²) in [5.41, 5.74) is 0. The molecule has 0 aromatic rings. The van der Waals surface area contributed by atoms with Crippen LogP contribution in [0.4, 0.5) is 0 Å². The minimum atomic E-state index is 0. The fourth-order valence-electron chi connectivity index (χ4n) is 0. The Bertz CT molecular complexity index is 11.7. The molecule has 0 aromatic heterocycles. The van der Waals surface area contributed by atoms with E-state index in [-0.39, 0.29) is 72.7 Å². The van der Waals surface area contributed by atoms with Gasteiger partial charge in [0, 0.05) is 0 Å². The predicted molar refractivity (Wildman–Crippen MR) is 13.7 cm³/mol. The molecule has 1 N–H and O–H groups in total. The molecule has 0 bridgehead atoms. The Morgan fingerprint density at radius 3 is 0.714 bits per heavy atom. The van der Waals surface area contributed by atoms with Gasteiger partial charge < -0.3 is 49.6 Å². The van der Waals surface area contributed by atoms with E-state index in [0.29, 0.717) is 0 Å². The third-order valence-electron chi connectivity index (χ3n) is 0. The molecule has 0 amide bonds. The summed E-state index contributed by atoms with van der Waals surface area (Å²) in [6.07, 6.45) is 0. The van der Waals surface area contributed by atoms with Crippen LogP contribution in [-0.2, 0) is 0 Å². The number of hydrogen-bond acceptors (Lipinski definition) is 1. The molecule has 40 valence electrons. The molecular weight excluding hydrogens is 209 g/mol. The van der Waals surface area contributed by atoms with Gasteiger partial charge in [-0.05, 0) is 0 Å². The summed E-state index contributed by atoms with van der Waals surface area (Å²) >= 11 is 1.42. The standard InChI is InChI=1S/Al.4ClH.Mg.H2O/h;4*1H;;1H2/q+3;;;;;+2;/p-5. The van der Waals surface area contributed by atoms with Crippen molar-refractivity contribution in [2.45, 2.75) is 0 Å². The van der Waals surface area contributed by atoms with Crippen LogP contribution in [0.25, 0.3) is 0 Å². The van der Waals surface area contributed by atoms with Gasteiger partial charge in [-0.25, -0.2) is 0 Å². The molecule has 0 aromatic carbocycles. The van der Waals surface area contributed by atoms with Crippen LogP contribution in [0, 0.1) is 0 Å². The van der Waals surface area contributed by atoms with Crippen molar-refractivity contribution in [2.75, 3.05) is 0 Å². The summed E-state index contributed by atoms with van der Waals surface area (Å²) in [5.74, 6) is 0. The first kappa shape index (κ1) is 57.1. The van der Waals surface area contributed by atoms with E-state index in [1.807, 2.05) is 0 Å². The first-order valence-electron chi connectivity index (χ1n) is 0.258. The van der Waals surface area contributed by atoms with Gasteiger partial charge in [0.25, 0.3) is 0 Å². The van der Waals surface area contributed by atoms with Gasteiger partial charge in [0.15, 0.2) is 0 Å². The maximum absolute atomic E-state index is 6.92. The summed E-state index contributed by atoms with van der Waals surface area (Å²) in [6.45, 7) is 0. The second kappa shape index (κ2) is 79.2. The van der Waals surface area contributed by atoms with E-state index in [1.54, 1.807) is 0 Å². The molecule has 0 fully saturated rings. The zero-order chi connectivity index (χ0) is 2.00. The molecule has 7 heteroatoms. The average molecular weight is 210 g/mol. The molecule has 0 atom stereocenters. The molecule has 0 rings (SSSR count). The average Bonchev–Trinajstić information content (AvgIpc) is 1.00. The van der Waals surface area contributed by atoms with Crippen LogP contribution >= 0.6 is 0 Å². The van der Waals surface area contributed by atoms with Crippen LogP contribution in [0.3, 0.4) is 0 Å². The first-order chi connectivity index (χ1) is 1.00. The molecule has 0 heterocycles. The number of rotatable bonds is 0. The number of hydrogen-bond donors (Lipinski definition) is 1. The molecule has 7 heavy (non-hydrogen) atoms. The Hall–Kier alpha value is 2.42. The van der Waals surface area contributed by atoms with Gasteiger partial charge in [-0.1, -0.05) is 0 Å². The Morgan fingerprint density at radius 1 is 0.714 bits per heavy atom. The summed E-state index contributed by atoms with van der Waals surface area (Å²) < 4.78 is 6.92. The van der Waals surface area contributed by atoms with Crippen molar-refractivity contribution in [1.82, 2.24) is 0 Å². The summed E-state index contributed by atoms with van der Waals surface area (Å²) in [7, 11) is 0. The Balaban J connectivity index is -0.000000000500. The van der Waals surface area contributed by atoms with Crippen LogP contribution < -0.4 is 49.6 Å². The van der Waals surface area contributed by atoms with E-state index in [9.17, 15) is 0 Å². The van der Waals surface area contributed by atoms with Crippen LogP contribution in [0.1, 0.15) is 0 Å². The molecule has 0 aliphatic rings. The molecule has 0 radical (unpaired) electrons. The third kappa shape index (κ3) is 59.3. The van der Waals surface area contributed by atoms with E-state index < -0.39 is 0 Å². The summed E-state index contributed by atoms with van der Waals surface area (Å²) in [5, 5.41) is 0. The fraction of sp³-hybridized carbons (Fsp3) is 0. The molecule has 0 unspecified atom stereocenters. The van der Waals surface area contributed by atoms with Crippen LogP contribution in [0.2, 0.25) is 0 Å². The van der Waals surface area contributed by atoms with Crippen LogP contribution in [0.5, 0.6) is 0 Å². The third-order valence-corrected chi connectivity index (χ3v) is 0. The Kier molecular flexibility index (Phi) is 646. The van der Waals surface area contributed by atoms with Crippen molar-refractivity contribution in [2.24, 2.45) is 0 Å². The van der Waals surface area contributed by atoms with E-state index in [0.717, 1.165) is 0 Å². The predicted octanol–water partition coefficient (Wildman–Crippen LogP) is -13.3. The van der Waals surface area contributed by atoms with Gasteiger partial charge in [0.2, 0.25) is 0 Å². The van der Waals surface area contributed by atoms with Crippen molar-refractivity contribution in [3.8, 4) is 0 Å². The van der Waals surface area contributed by atoms with E-state index >= 15 is 0 Å².